The van der Waals surface area contributed by atoms with Crippen LogP contribution in [0.25, 0.3) is 0 Å². The normalized spacial score (nSPS) is 10.0. The molecule has 2 rings (SSSR count). The van der Waals surface area contributed by atoms with Gasteiger partial charge in [0.1, 0.15) is 11.6 Å². The fourth-order valence-corrected chi connectivity index (χ4v) is 1.95. The van der Waals surface area contributed by atoms with E-state index in [9.17, 15) is 18.8 Å². The Balaban J connectivity index is 1.85. The van der Waals surface area contributed by atoms with Gasteiger partial charge in [-0.2, -0.15) is 0 Å². The number of ether oxygens (including phenoxy) is 2. The molecule has 130 valence electrons. The SMILES string of the molecule is CC(=O)Nc1ccc(C(=O)COC(=O)COc2ccccc2)c(F)c1. The molecule has 0 atom stereocenters. The number of Topliss-reactive ketones (excluding diaryl/α,β-unsaturated/α-hetero) is 1. The van der Waals surface area contributed by atoms with E-state index in [-0.39, 0.29) is 23.8 Å². The Morgan fingerprint density at radius 2 is 1.76 bits per heavy atom. The number of esters is 1. The summed E-state index contributed by atoms with van der Waals surface area (Å²) in [6.45, 7) is 0.322. The van der Waals surface area contributed by atoms with Crippen LogP contribution in [0.5, 0.6) is 5.75 Å². The van der Waals surface area contributed by atoms with Crippen LogP contribution in [0.3, 0.4) is 0 Å². The Labute approximate surface area is 143 Å². The number of halogens is 1. The quantitative estimate of drug-likeness (QED) is 0.616. The van der Waals surface area contributed by atoms with E-state index in [1.807, 2.05) is 0 Å². The number of benzene rings is 2. The van der Waals surface area contributed by atoms with Crippen LogP contribution >= 0.6 is 0 Å². The smallest absolute Gasteiger partial charge is 0.344 e. The summed E-state index contributed by atoms with van der Waals surface area (Å²) in [6, 6.07) is 12.3. The molecule has 1 amide bonds. The Bertz CT molecular complexity index is 776. The topological polar surface area (TPSA) is 81.7 Å². The first-order chi connectivity index (χ1) is 12.0. The molecule has 2 aromatic rings. The van der Waals surface area contributed by atoms with Crippen LogP contribution in [0.15, 0.2) is 48.5 Å². The predicted octanol–water partition coefficient (Wildman–Crippen LogP) is 2.59. The van der Waals surface area contributed by atoms with Gasteiger partial charge in [0.05, 0.1) is 5.56 Å². The van der Waals surface area contributed by atoms with Crippen LogP contribution in [-0.2, 0) is 14.3 Å². The number of ketones is 1. The highest BCUT2D eigenvalue weighted by atomic mass is 19.1. The van der Waals surface area contributed by atoms with Gasteiger partial charge in [-0.25, -0.2) is 9.18 Å². The van der Waals surface area contributed by atoms with E-state index in [4.69, 9.17) is 9.47 Å². The molecule has 0 heterocycles. The van der Waals surface area contributed by atoms with Gasteiger partial charge in [-0.05, 0) is 30.3 Å². The number of carbonyl (C=O) groups excluding carboxylic acids is 3. The van der Waals surface area contributed by atoms with Crippen molar-refractivity contribution >= 4 is 23.3 Å². The highest BCUT2D eigenvalue weighted by Gasteiger charge is 2.15. The van der Waals surface area contributed by atoms with Gasteiger partial charge in [0.2, 0.25) is 11.7 Å². The number of anilines is 1. The first-order valence-electron chi connectivity index (χ1n) is 7.39. The van der Waals surface area contributed by atoms with Crippen molar-refractivity contribution in [3.63, 3.8) is 0 Å². The summed E-state index contributed by atoms with van der Waals surface area (Å²) in [7, 11) is 0. The molecule has 0 radical (unpaired) electrons. The molecule has 0 saturated carbocycles. The predicted molar refractivity (Wildman–Crippen MR) is 87.9 cm³/mol. The third kappa shape index (κ3) is 5.72. The molecule has 0 aromatic heterocycles. The summed E-state index contributed by atoms with van der Waals surface area (Å²) >= 11 is 0. The summed E-state index contributed by atoms with van der Waals surface area (Å²) in [4.78, 5) is 34.4. The molecule has 6 nitrogen and oxygen atoms in total. The Kier molecular flexibility index (Phi) is 6.22. The summed E-state index contributed by atoms with van der Waals surface area (Å²) in [6.07, 6.45) is 0. The van der Waals surface area contributed by atoms with E-state index < -0.39 is 24.2 Å². The summed E-state index contributed by atoms with van der Waals surface area (Å²) in [5.74, 6) is -2.11. The first kappa shape index (κ1) is 18.1. The van der Waals surface area contributed by atoms with Crippen molar-refractivity contribution in [2.24, 2.45) is 0 Å². The zero-order valence-corrected chi connectivity index (χ0v) is 13.5. The molecular formula is C18H16FNO5. The summed E-state index contributed by atoms with van der Waals surface area (Å²) in [5.41, 5.74) is 0.000635. The molecule has 25 heavy (non-hydrogen) atoms. The van der Waals surface area contributed by atoms with Crippen molar-refractivity contribution in [1.29, 1.82) is 0 Å². The molecule has 0 unspecified atom stereocenters. The van der Waals surface area contributed by atoms with Crippen molar-refractivity contribution in [3.8, 4) is 5.75 Å². The number of rotatable bonds is 7. The van der Waals surface area contributed by atoms with Crippen molar-refractivity contribution in [3.05, 3.63) is 59.9 Å². The number of hydrogen-bond donors (Lipinski definition) is 1. The van der Waals surface area contributed by atoms with E-state index in [1.54, 1.807) is 30.3 Å². The highest BCUT2D eigenvalue weighted by Crippen LogP contribution is 2.15. The Morgan fingerprint density at radius 1 is 1.04 bits per heavy atom. The van der Waals surface area contributed by atoms with E-state index in [2.05, 4.69) is 5.32 Å². The maximum absolute atomic E-state index is 13.9. The second-order valence-electron chi connectivity index (χ2n) is 5.06. The van der Waals surface area contributed by atoms with Crippen LogP contribution in [0.4, 0.5) is 10.1 Å². The molecule has 0 spiro atoms. The van der Waals surface area contributed by atoms with E-state index in [0.717, 1.165) is 6.07 Å². The molecule has 0 saturated heterocycles. The van der Waals surface area contributed by atoms with Gasteiger partial charge >= 0.3 is 5.97 Å². The van der Waals surface area contributed by atoms with Crippen LogP contribution in [0.1, 0.15) is 17.3 Å². The van der Waals surface area contributed by atoms with Gasteiger partial charge in [-0.15, -0.1) is 0 Å². The van der Waals surface area contributed by atoms with Crippen LogP contribution in [0.2, 0.25) is 0 Å². The molecule has 0 aliphatic rings. The fourth-order valence-electron chi connectivity index (χ4n) is 1.95. The number of nitrogens with one attached hydrogen (secondary N) is 1. The van der Waals surface area contributed by atoms with E-state index in [1.165, 1.54) is 19.1 Å². The number of carbonyl (C=O) groups is 3. The maximum atomic E-state index is 13.9. The average molecular weight is 345 g/mol. The zero-order valence-electron chi connectivity index (χ0n) is 13.5. The molecule has 0 aliphatic heterocycles. The van der Waals surface area contributed by atoms with Gasteiger partial charge in [-0.3, -0.25) is 9.59 Å². The minimum Gasteiger partial charge on any atom is -0.482 e. The number of hydrogen-bond acceptors (Lipinski definition) is 5. The molecule has 1 N–H and O–H groups in total. The molecular weight excluding hydrogens is 329 g/mol. The van der Waals surface area contributed by atoms with Gasteiger partial charge in [0.25, 0.3) is 0 Å². The number of amides is 1. The largest absolute Gasteiger partial charge is 0.482 e. The third-order valence-electron chi connectivity index (χ3n) is 3.05. The van der Waals surface area contributed by atoms with Gasteiger partial charge in [0.15, 0.2) is 13.2 Å². The lowest BCUT2D eigenvalue weighted by molar-refractivity contribution is -0.144. The second-order valence-corrected chi connectivity index (χ2v) is 5.06. The third-order valence-corrected chi connectivity index (χ3v) is 3.05. The second kappa shape index (κ2) is 8.58. The van der Waals surface area contributed by atoms with Crippen molar-refractivity contribution < 1.29 is 28.2 Å². The molecule has 0 bridgehead atoms. The lowest BCUT2D eigenvalue weighted by Crippen LogP contribution is -2.20. The van der Waals surface area contributed by atoms with Crippen LogP contribution in [0, 0.1) is 5.82 Å². The minimum absolute atomic E-state index is 0.231. The number of para-hydroxylation sites is 1. The first-order valence-corrected chi connectivity index (χ1v) is 7.39. The van der Waals surface area contributed by atoms with E-state index >= 15 is 0 Å². The maximum Gasteiger partial charge on any atom is 0.344 e. The van der Waals surface area contributed by atoms with Gasteiger partial charge in [-0.1, -0.05) is 18.2 Å². The van der Waals surface area contributed by atoms with Crippen molar-refractivity contribution in [2.45, 2.75) is 6.92 Å². The lowest BCUT2D eigenvalue weighted by Gasteiger charge is -2.08. The summed E-state index contributed by atoms with van der Waals surface area (Å²) < 4.78 is 23.9. The van der Waals surface area contributed by atoms with Crippen molar-refractivity contribution in [2.75, 3.05) is 18.5 Å². The monoisotopic (exact) mass is 345 g/mol. The molecule has 2 aromatic carbocycles. The standard InChI is InChI=1S/C18H16FNO5/c1-12(21)20-13-7-8-15(16(19)9-13)17(22)10-25-18(23)11-24-14-5-3-2-4-6-14/h2-9H,10-11H2,1H3,(H,20,21). The van der Waals surface area contributed by atoms with Crippen molar-refractivity contribution in [1.82, 2.24) is 0 Å². The molecule has 0 aliphatic carbocycles. The van der Waals surface area contributed by atoms with Gasteiger partial charge in [0, 0.05) is 12.6 Å². The fraction of sp³-hybridized carbons (Fsp3) is 0.167. The minimum atomic E-state index is -0.812. The Hall–Kier alpha value is -3.22. The van der Waals surface area contributed by atoms with Crippen LogP contribution < -0.4 is 10.1 Å². The molecule has 0 fully saturated rings. The Morgan fingerprint density at radius 3 is 2.40 bits per heavy atom. The zero-order chi connectivity index (χ0) is 18.2. The lowest BCUT2D eigenvalue weighted by atomic mass is 10.1. The van der Waals surface area contributed by atoms with Gasteiger partial charge < -0.3 is 14.8 Å². The summed E-state index contributed by atoms with van der Waals surface area (Å²) in [5, 5.41) is 2.40. The van der Waals surface area contributed by atoms with Crippen LogP contribution in [-0.4, -0.2) is 30.9 Å². The molecule has 7 heteroatoms. The highest BCUT2D eigenvalue weighted by molar-refractivity contribution is 5.99. The van der Waals surface area contributed by atoms with E-state index in [0.29, 0.717) is 5.75 Å². The average Bonchev–Trinajstić information content (AvgIpc) is 2.58.